The number of fused-ring (bicyclic) bond motifs is 1. The monoisotopic (exact) mass is 287 g/mol. The third-order valence-electron chi connectivity index (χ3n) is 3.66. The van der Waals surface area contributed by atoms with E-state index >= 15 is 0 Å². The highest BCUT2D eigenvalue weighted by Gasteiger charge is 2.24. The Kier molecular flexibility index (Phi) is 3.69. The Labute approximate surface area is 122 Å². The standard InChI is InChI=1S/C15H17N3OS/c1-10-14(20-9-18-10)8-17-15(19)12-6-11-4-2-3-5-13(11)16-7-12/h2-5,9,12,16H,6-8H2,1H3,(H,17,19). The van der Waals surface area contributed by atoms with Gasteiger partial charge in [0.1, 0.15) is 0 Å². The molecule has 3 rings (SSSR count). The van der Waals surface area contributed by atoms with E-state index in [-0.39, 0.29) is 11.8 Å². The minimum absolute atomic E-state index is 0.00173. The molecule has 0 spiro atoms. The molecule has 0 fully saturated rings. The van der Waals surface area contributed by atoms with Crippen molar-refractivity contribution in [3.8, 4) is 0 Å². The fourth-order valence-electron chi connectivity index (χ4n) is 2.43. The fraction of sp³-hybridized carbons (Fsp3) is 0.333. The van der Waals surface area contributed by atoms with Gasteiger partial charge >= 0.3 is 0 Å². The summed E-state index contributed by atoms with van der Waals surface area (Å²) in [6.45, 7) is 3.24. The minimum atomic E-state index is -0.00173. The normalized spacial score (nSPS) is 17.1. The van der Waals surface area contributed by atoms with E-state index in [4.69, 9.17) is 0 Å². The molecule has 1 aromatic heterocycles. The highest BCUT2D eigenvalue weighted by molar-refractivity contribution is 7.09. The lowest BCUT2D eigenvalue weighted by Crippen LogP contribution is -2.37. The molecule has 0 saturated carbocycles. The minimum Gasteiger partial charge on any atom is -0.384 e. The van der Waals surface area contributed by atoms with Gasteiger partial charge in [0.2, 0.25) is 5.91 Å². The molecule has 2 N–H and O–H groups in total. The zero-order valence-electron chi connectivity index (χ0n) is 11.3. The van der Waals surface area contributed by atoms with Crippen LogP contribution in [0.1, 0.15) is 16.1 Å². The second-order valence-electron chi connectivity index (χ2n) is 5.02. The van der Waals surface area contributed by atoms with Crippen LogP contribution in [0.3, 0.4) is 0 Å². The summed E-state index contributed by atoms with van der Waals surface area (Å²) >= 11 is 1.59. The van der Waals surface area contributed by atoms with Crippen LogP contribution in [0.25, 0.3) is 0 Å². The number of carbonyl (C=O) groups is 1. The van der Waals surface area contributed by atoms with E-state index in [1.54, 1.807) is 11.3 Å². The molecule has 0 bridgehead atoms. The molecule has 2 aromatic rings. The molecular weight excluding hydrogens is 270 g/mol. The number of carbonyl (C=O) groups excluding carboxylic acids is 1. The van der Waals surface area contributed by atoms with Crippen molar-refractivity contribution in [3.05, 3.63) is 45.9 Å². The molecule has 1 amide bonds. The summed E-state index contributed by atoms with van der Waals surface area (Å²) in [5, 5.41) is 6.35. The van der Waals surface area contributed by atoms with E-state index in [9.17, 15) is 4.79 Å². The van der Waals surface area contributed by atoms with Crippen LogP contribution in [-0.2, 0) is 17.8 Å². The van der Waals surface area contributed by atoms with Gasteiger partial charge < -0.3 is 10.6 Å². The zero-order valence-corrected chi connectivity index (χ0v) is 12.2. The van der Waals surface area contributed by atoms with E-state index in [1.165, 1.54) is 5.56 Å². The number of aryl methyl sites for hydroxylation is 1. The van der Waals surface area contributed by atoms with Crippen LogP contribution in [0.4, 0.5) is 5.69 Å². The number of nitrogens with zero attached hydrogens (tertiary/aromatic N) is 1. The molecule has 4 nitrogen and oxygen atoms in total. The first kappa shape index (κ1) is 13.1. The molecule has 1 unspecified atom stereocenters. The largest absolute Gasteiger partial charge is 0.384 e. The fourth-order valence-corrected chi connectivity index (χ4v) is 3.15. The number of amides is 1. The predicted octanol–water partition coefficient (Wildman–Crippen LogP) is 2.35. The van der Waals surface area contributed by atoms with E-state index in [1.807, 2.05) is 24.6 Å². The Bertz CT molecular complexity index is 623. The van der Waals surface area contributed by atoms with Crippen molar-refractivity contribution in [2.24, 2.45) is 5.92 Å². The van der Waals surface area contributed by atoms with Gasteiger partial charge in [-0.15, -0.1) is 11.3 Å². The number of hydrogen-bond donors (Lipinski definition) is 2. The quantitative estimate of drug-likeness (QED) is 0.911. The topological polar surface area (TPSA) is 54.0 Å². The maximum absolute atomic E-state index is 12.2. The summed E-state index contributed by atoms with van der Waals surface area (Å²) in [5.74, 6) is 0.109. The van der Waals surface area contributed by atoms with Gasteiger partial charge in [-0.05, 0) is 25.0 Å². The number of nitrogens with one attached hydrogen (secondary N) is 2. The highest BCUT2D eigenvalue weighted by Crippen LogP contribution is 2.24. The van der Waals surface area contributed by atoms with E-state index in [2.05, 4.69) is 27.8 Å². The van der Waals surface area contributed by atoms with Gasteiger partial charge in [-0.25, -0.2) is 4.98 Å². The van der Waals surface area contributed by atoms with Gasteiger partial charge in [0.05, 0.1) is 23.7 Å². The molecule has 20 heavy (non-hydrogen) atoms. The molecule has 104 valence electrons. The molecule has 1 atom stereocenters. The average Bonchev–Trinajstić information content (AvgIpc) is 2.89. The second-order valence-corrected chi connectivity index (χ2v) is 5.96. The molecule has 5 heteroatoms. The molecule has 1 aliphatic heterocycles. The Hall–Kier alpha value is -1.88. The van der Waals surface area contributed by atoms with Crippen molar-refractivity contribution in [1.82, 2.24) is 10.3 Å². The number of rotatable bonds is 3. The Balaban J connectivity index is 1.60. The smallest absolute Gasteiger partial charge is 0.225 e. The number of thiazole rings is 1. The van der Waals surface area contributed by atoms with E-state index in [0.29, 0.717) is 13.1 Å². The first-order valence-electron chi connectivity index (χ1n) is 6.72. The first-order chi connectivity index (χ1) is 9.74. The second kappa shape index (κ2) is 5.63. The van der Waals surface area contributed by atoms with Crippen LogP contribution in [0.5, 0.6) is 0 Å². The van der Waals surface area contributed by atoms with Crippen molar-refractivity contribution in [1.29, 1.82) is 0 Å². The van der Waals surface area contributed by atoms with Crippen molar-refractivity contribution in [3.63, 3.8) is 0 Å². The number of anilines is 1. The van der Waals surface area contributed by atoms with Gasteiger partial charge in [0.25, 0.3) is 0 Å². The Morgan fingerprint density at radius 3 is 3.15 bits per heavy atom. The molecule has 0 saturated heterocycles. The summed E-state index contributed by atoms with van der Waals surface area (Å²) in [6.07, 6.45) is 0.802. The van der Waals surface area contributed by atoms with Crippen LogP contribution in [0, 0.1) is 12.8 Å². The predicted molar refractivity (Wildman–Crippen MR) is 80.8 cm³/mol. The van der Waals surface area contributed by atoms with Crippen molar-refractivity contribution < 1.29 is 4.79 Å². The number of para-hydroxylation sites is 1. The molecular formula is C15H17N3OS. The summed E-state index contributed by atoms with van der Waals surface area (Å²) < 4.78 is 0. The number of aromatic nitrogens is 1. The Morgan fingerprint density at radius 1 is 1.50 bits per heavy atom. The zero-order chi connectivity index (χ0) is 13.9. The maximum atomic E-state index is 12.2. The first-order valence-corrected chi connectivity index (χ1v) is 7.60. The van der Waals surface area contributed by atoms with Crippen LogP contribution in [0.15, 0.2) is 29.8 Å². The lowest BCUT2D eigenvalue weighted by molar-refractivity contribution is -0.124. The molecule has 2 heterocycles. The van der Waals surface area contributed by atoms with E-state index in [0.717, 1.165) is 22.7 Å². The van der Waals surface area contributed by atoms with Crippen LogP contribution < -0.4 is 10.6 Å². The summed E-state index contributed by atoms with van der Waals surface area (Å²) in [7, 11) is 0. The third-order valence-corrected chi connectivity index (χ3v) is 4.60. The SMILES string of the molecule is Cc1ncsc1CNC(=O)C1CNc2ccccc2C1. The van der Waals surface area contributed by atoms with Gasteiger partial charge in [0.15, 0.2) is 0 Å². The van der Waals surface area contributed by atoms with E-state index < -0.39 is 0 Å². The molecule has 1 aliphatic rings. The van der Waals surface area contributed by atoms with Crippen molar-refractivity contribution in [2.45, 2.75) is 19.9 Å². The molecule has 0 radical (unpaired) electrons. The highest BCUT2D eigenvalue weighted by atomic mass is 32.1. The molecule has 1 aromatic carbocycles. The maximum Gasteiger partial charge on any atom is 0.225 e. The summed E-state index contributed by atoms with van der Waals surface area (Å²) in [6, 6.07) is 8.17. The van der Waals surface area contributed by atoms with Crippen LogP contribution in [0.2, 0.25) is 0 Å². The number of benzene rings is 1. The van der Waals surface area contributed by atoms with Crippen molar-refractivity contribution in [2.75, 3.05) is 11.9 Å². The van der Waals surface area contributed by atoms with Crippen molar-refractivity contribution >= 4 is 22.9 Å². The lowest BCUT2D eigenvalue weighted by atomic mass is 9.93. The number of hydrogen-bond acceptors (Lipinski definition) is 4. The van der Waals surface area contributed by atoms with Gasteiger partial charge in [-0.2, -0.15) is 0 Å². The third kappa shape index (κ3) is 2.67. The van der Waals surface area contributed by atoms with Gasteiger partial charge in [-0.3, -0.25) is 4.79 Å². The van der Waals surface area contributed by atoms with Crippen LogP contribution >= 0.6 is 11.3 Å². The van der Waals surface area contributed by atoms with Crippen LogP contribution in [-0.4, -0.2) is 17.4 Å². The summed E-state index contributed by atoms with van der Waals surface area (Å²) in [5.41, 5.74) is 5.18. The average molecular weight is 287 g/mol. The van der Waals surface area contributed by atoms with Gasteiger partial charge in [-0.1, -0.05) is 18.2 Å². The lowest BCUT2D eigenvalue weighted by Gasteiger charge is -2.25. The Morgan fingerprint density at radius 2 is 2.35 bits per heavy atom. The summed E-state index contributed by atoms with van der Waals surface area (Å²) in [4.78, 5) is 17.6. The molecule has 0 aliphatic carbocycles. The van der Waals surface area contributed by atoms with Gasteiger partial charge in [0, 0.05) is 17.1 Å².